The first kappa shape index (κ1) is 19.2. The van der Waals surface area contributed by atoms with Crippen molar-refractivity contribution in [2.75, 3.05) is 11.9 Å². The average Bonchev–Trinajstić information content (AvgIpc) is 3.11. The van der Waals surface area contributed by atoms with Gasteiger partial charge >= 0.3 is 0 Å². The molecule has 8 heteroatoms. The molecule has 27 heavy (non-hydrogen) atoms. The second kappa shape index (κ2) is 8.43. The lowest BCUT2D eigenvalue weighted by Crippen LogP contribution is -2.27. The summed E-state index contributed by atoms with van der Waals surface area (Å²) in [6.07, 6.45) is 0.0192. The highest BCUT2D eigenvalue weighted by molar-refractivity contribution is 7.89. The number of carbonyl (C=O) groups is 1. The van der Waals surface area contributed by atoms with Crippen LogP contribution in [0.5, 0.6) is 0 Å². The molecule has 0 unspecified atom stereocenters. The van der Waals surface area contributed by atoms with Gasteiger partial charge in [-0.3, -0.25) is 4.79 Å². The first-order chi connectivity index (χ1) is 13.0. The lowest BCUT2D eigenvalue weighted by Gasteiger charge is -2.06. The predicted octanol–water partition coefficient (Wildman–Crippen LogP) is 3.43. The molecule has 1 aromatic heterocycles. The lowest BCUT2D eigenvalue weighted by atomic mass is 10.1. The highest BCUT2D eigenvalue weighted by atomic mass is 32.2. The van der Waals surface area contributed by atoms with Gasteiger partial charge in [-0.05, 0) is 24.6 Å². The first-order valence-electron chi connectivity index (χ1n) is 8.32. The number of aryl methyl sites for hydroxylation is 1. The van der Waals surface area contributed by atoms with Gasteiger partial charge in [0.1, 0.15) is 0 Å². The van der Waals surface area contributed by atoms with E-state index in [1.165, 1.54) is 23.5 Å². The molecule has 3 aromatic rings. The van der Waals surface area contributed by atoms with Crippen LogP contribution in [-0.2, 0) is 14.8 Å². The Morgan fingerprint density at radius 3 is 2.52 bits per heavy atom. The van der Waals surface area contributed by atoms with Crippen LogP contribution in [0, 0.1) is 6.92 Å². The largest absolute Gasteiger partial charge is 0.302 e. The normalized spacial score (nSPS) is 11.3. The van der Waals surface area contributed by atoms with Gasteiger partial charge in [0.2, 0.25) is 15.9 Å². The van der Waals surface area contributed by atoms with Crippen LogP contribution in [0.25, 0.3) is 11.3 Å². The summed E-state index contributed by atoms with van der Waals surface area (Å²) < 4.78 is 26.6. The number of aromatic nitrogens is 1. The maximum absolute atomic E-state index is 12.1. The highest BCUT2D eigenvalue weighted by Gasteiger charge is 2.14. The Kier molecular flexibility index (Phi) is 6.00. The summed E-state index contributed by atoms with van der Waals surface area (Å²) in [6.45, 7) is 2.02. The molecular formula is C19H19N3O3S2. The molecule has 1 amide bonds. The van der Waals surface area contributed by atoms with Crippen molar-refractivity contribution < 1.29 is 13.2 Å². The van der Waals surface area contributed by atoms with E-state index < -0.39 is 10.0 Å². The number of benzene rings is 2. The Hall–Kier alpha value is -2.55. The van der Waals surface area contributed by atoms with Crippen molar-refractivity contribution in [3.63, 3.8) is 0 Å². The number of rotatable bonds is 7. The zero-order valence-electron chi connectivity index (χ0n) is 14.7. The van der Waals surface area contributed by atoms with Crippen LogP contribution < -0.4 is 10.0 Å². The van der Waals surface area contributed by atoms with Crippen LogP contribution in [0.1, 0.15) is 12.0 Å². The van der Waals surface area contributed by atoms with E-state index in [1.54, 1.807) is 18.2 Å². The van der Waals surface area contributed by atoms with E-state index in [0.717, 1.165) is 16.8 Å². The molecule has 0 radical (unpaired) electrons. The number of sulfonamides is 1. The second-order valence-corrected chi connectivity index (χ2v) is 8.49. The Morgan fingerprint density at radius 2 is 1.78 bits per heavy atom. The number of thiazole rings is 1. The summed E-state index contributed by atoms with van der Waals surface area (Å²) in [5.74, 6) is -0.295. The number of hydrogen-bond donors (Lipinski definition) is 2. The first-order valence-corrected chi connectivity index (χ1v) is 10.7. The SMILES string of the molecule is Cc1ccccc1-c1csc(NC(=O)CCNS(=O)(=O)c2ccccc2)n1. The zero-order valence-corrected chi connectivity index (χ0v) is 16.3. The van der Waals surface area contributed by atoms with Gasteiger partial charge in [0.25, 0.3) is 0 Å². The van der Waals surface area contributed by atoms with Gasteiger partial charge in [-0.25, -0.2) is 18.1 Å². The molecular weight excluding hydrogens is 382 g/mol. The van der Waals surface area contributed by atoms with Crippen LogP contribution in [0.15, 0.2) is 64.9 Å². The van der Waals surface area contributed by atoms with Crippen LogP contribution in [0.3, 0.4) is 0 Å². The number of nitrogens with one attached hydrogen (secondary N) is 2. The van der Waals surface area contributed by atoms with Gasteiger partial charge in [0.15, 0.2) is 5.13 Å². The smallest absolute Gasteiger partial charge is 0.240 e. The molecule has 2 aromatic carbocycles. The monoisotopic (exact) mass is 401 g/mol. The Morgan fingerprint density at radius 1 is 1.07 bits per heavy atom. The minimum absolute atomic E-state index is 0.0130. The maximum atomic E-state index is 12.1. The predicted molar refractivity (Wildman–Crippen MR) is 107 cm³/mol. The molecule has 0 saturated carbocycles. The van der Waals surface area contributed by atoms with Gasteiger partial charge < -0.3 is 5.32 Å². The number of anilines is 1. The molecule has 0 aliphatic carbocycles. The van der Waals surface area contributed by atoms with Crippen LogP contribution in [0.4, 0.5) is 5.13 Å². The van der Waals surface area contributed by atoms with Gasteiger partial charge in [0, 0.05) is 23.9 Å². The topological polar surface area (TPSA) is 88.2 Å². The third-order valence-electron chi connectivity index (χ3n) is 3.87. The fourth-order valence-electron chi connectivity index (χ4n) is 2.48. The summed E-state index contributed by atoms with van der Waals surface area (Å²) >= 11 is 1.34. The number of nitrogens with zero attached hydrogens (tertiary/aromatic N) is 1. The summed E-state index contributed by atoms with van der Waals surface area (Å²) in [4.78, 5) is 16.7. The van der Waals surface area contributed by atoms with Gasteiger partial charge in [-0.2, -0.15) is 0 Å². The highest BCUT2D eigenvalue weighted by Crippen LogP contribution is 2.27. The number of hydrogen-bond acceptors (Lipinski definition) is 5. The van der Waals surface area contributed by atoms with Crippen molar-refractivity contribution in [1.29, 1.82) is 0 Å². The van der Waals surface area contributed by atoms with Crippen molar-refractivity contribution >= 4 is 32.4 Å². The van der Waals surface area contributed by atoms with Gasteiger partial charge in [0.05, 0.1) is 10.6 Å². The van der Waals surface area contributed by atoms with Crippen LogP contribution in [0.2, 0.25) is 0 Å². The Balaban J connectivity index is 1.54. The molecule has 140 valence electrons. The van der Waals surface area contributed by atoms with Crippen LogP contribution in [-0.4, -0.2) is 25.9 Å². The van der Waals surface area contributed by atoms with Gasteiger partial charge in [-0.1, -0.05) is 42.5 Å². The molecule has 0 bridgehead atoms. The molecule has 2 N–H and O–H groups in total. The Bertz CT molecular complexity index is 1030. The quantitative estimate of drug-likeness (QED) is 0.635. The molecule has 3 rings (SSSR count). The van der Waals surface area contributed by atoms with Crippen molar-refractivity contribution in [3.8, 4) is 11.3 Å². The summed E-state index contributed by atoms with van der Waals surface area (Å²) in [5, 5.41) is 5.09. The molecule has 0 atom stereocenters. The molecule has 1 heterocycles. The van der Waals surface area contributed by atoms with E-state index in [4.69, 9.17) is 0 Å². The lowest BCUT2D eigenvalue weighted by molar-refractivity contribution is -0.116. The van der Waals surface area contributed by atoms with E-state index in [9.17, 15) is 13.2 Å². The summed E-state index contributed by atoms with van der Waals surface area (Å²) in [7, 11) is -3.61. The fraction of sp³-hybridized carbons (Fsp3) is 0.158. The second-order valence-electron chi connectivity index (χ2n) is 5.86. The van der Waals surface area contributed by atoms with Crippen molar-refractivity contribution in [1.82, 2.24) is 9.71 Å². The molecule has 0 spiro atoms. The fourth-order valence-corrected chi connectivity index (χ4v) is 4.26. The zero-order chi connectivity index (χ0) is 19.3. The van der Waals surface area contributed by atoms with Crippen molar-refractivity contribution in [2.45, 2.75) is 18.2 Å². The van der Waals surface area contributed by atoms with Gasteiger partial charge in [-0.15, -0.1) is 11.3 Å². The number of amides is 1. The molecule has 0 saturated heterocycles. The number of carbonyl (C=O) groups excluding carboxylic acids is 1. The minimum atomic E-state index is -3.61. The third kappa shape index (κ3) is 5.00. The third-order valence-corrected chi connectivity index (χ3v) is 6.10. The van der Waals surface area contributed by atoms with E-state index in [-0.39, 0.29) is 23.8 Å². The standard InChI is InChI=1S/C19H19N3O3S2/c1-14-7-5-6-10-16(14)17-13-26-19(21-17)22-18(23)11-12-20-27(24,25)15-8-3-2-4-9-15/h2-10,13,20H,11-12H2,1H3,(H,21,22,23). The van der Waals surface area contributed by atoms with E-state index in [1.807, 2.05) is 36.6 Å². The van der Waals surface area contributed by atoms with Crippen LogP contribution >= 0.6 is 11.3 Å². The molecule has 0 fully saturated rings. The molecule has 6 nitrogen and oxygen atoms in total. The molecule has 0 aliphatic rings. The summed E-state index contributed by atoms with van der Waals surface area (Å²) in [5.41, 5.74) is 2.93. The van der Waals surface area contributed by atoms with E-state index in [0.29, 0.717) is 5.13 Å². The average molecular weight is 402 g/mol. The Labute approximate surface area is 162 Å². The van der Waals surface area contributed by atoms with Crippen molar-refractivity contribution in [3.05, 3.63) is 65.5 Å². The minimum Gasteiger partial charge on any atom is -0.302 e. The van der Waals surface area contributed by atoms with E-state index >= 15 is 0 Å². The maximum Gasteiger partial charge on any atom is 0.240 e. The summed E-state index contributed by atoms with van der Waals surface area (Å²) in [6, 6.07) is 15.9. The molecule has 0 aliphatic heterocycles. The van der Waals surface area contributed by atoms with Crippen molar-refractivity contribution in [2.24, 2.45) is 0 Å². The van der Waals surface area contributed by atoms with E-state index in [2.05, 4.69) is 15.0 Å².